The lowest BCUT2D eigenvalue weighted by Crippen LogP contribution is -2.33. The van der Waals surface area contributed by atoms with Crippen molar-refractivity contribution >= 4 is 16.7 Å². The van der Waals surface area contributed by atoms with Gasteiger partial charge in [0.2, 0.25) is 5.91 Å². The first kappa shape index (κ1) is 14.9. The van der Waals surface area contributed by atoms with E-state index < -0.39 is 0 Å². The Bertz CT molecular complexity index is 860. The fraction of sp³-hybridized carbons (Fsp3) is 0.227. The maximum absolute atomic E-state index is 12.5. The average Bonchev–Trinajstić information content (AvgIpc) is 3.42. The standard InChI is InChI=1S/C22H21NO/c24-21(15-18-9-6-8-17-7-4-5-12-20(17)18)23-16-22(13-14-22)19-10-2-1-3-11-19/h1-12H,13-16H2,(H,23,24). The lowest BCUT2D eigenvalue weighted by atomic mass is 9.96. The first-order chi connectivity index (χ1) is 11.8. The van der Waals surface area contributed by atoms with E-state index in [1.165, 1.54) is 16.3 Å². The summed E-state index contributed by atoms with van der Waals surface area (Å²) < 4.78 is 0. The van der Waals surface area contributed by atoms with Crippen LogP contribution in [0.5, 0.6) is 0 Å². The summed E-state index contributed by atoms with van der Waals surface area (Å²) in [7, 11) is 0. The molecule has 2 heteroatoms. The number of fused-ring (bicyclic) bond motifs is 1. The van der Waals surface area contributed by atoms with Gasteiger partial charge in [0.1, 0.15) is 0 Å². The highest BCUT2D eigenvalue weighted by molar-refractivity contribution is 5.90. The molecule has 2 nitrogen and oxygen atoms in total. The second-order valence-corrected chi connectivity index (χ2v) is 6.74. The van der Waals surface area contributed by atoms with Crippen molar-refractivity contribution in [3.05, 3.63) is 83.9 Å². The smallest absolute Gasteiger partial charge is 0.224 e. The van der Waals surface area contributed by atoms with Gasteiger partial charge in [-0.1, -0.05) is 72.8 Å². The van der Waals surface area contributed by atoms with Crippen molar-refractivity contribution in [2.45, 2.75) is 24.7 Å². The van der Waals surface area contributed by atoms with Gasteiger partial charge >= 0.3 is 0 Å². The van der Waals surface area contributed by atoms with Crippen molar-refractivity contribution in [3.63, 3.8) is 0 Å². The second-order valence-electron chi connectivity index (χ2n) is 6.74. The van der Waals surface area contributed by atoms with Crippen LogP contribution >= 0.6 is 0 Å². The van der Waals surface area contributed by atoms with Gasteiger partial charge in [0.05, 0.1) is 6.42 Å². The van der Waals surface area contributed by atoms with Crippen molar-refractivity contribution in [1.82, 2.24) is 5.32 Å². The normalized spacial score (nSPS) is 15.2. The molecule has 0 aromatic heterocycles. The third-order valence-electron chi connectivity index (χ3n) is 5.09. The topological polar surface area (TPSA) is 29.1 Å². The molecule has 0 heterocycles. The number of hydrogen-bond acceptors (Lipinski definition) is 1. The van der Waals surface area contributed by atoms with Crippen LogP contribution in [0.3, 0.4) is 0 Å². The molecular weight excluding hydrogens is 294 g/mol. The largest absolute Gasteiger partial charge is 0.355 e. The molecule has 1 aliphatic carbocycles. The maximum Gasteiger partial charge on any atom is 0.224 e. The van der Waals surface area contributed by atoms with E-state index in [1.54, 1.807) is 0 Å². The average molecular weight is 315 g/mol. The zero-order valence-electron chi connectivity index (χ0n) is 13.7. The molecule has 24 heavy (non-hydrogen) atoms. The number of nitrogens with one attached hydrogen (secondary N) is 1. The molecule has 3 aromatic rings. The van der Waals surface area contributed by atoms with E-state index in [1.807, 2.05) is 30.3 Å². The van der Waals surface area contributed by atoms with Crippen LogP contribution in [0, 0.1) is 0 Å². The van der Waals surface area contributed by atoms with E-state index in [-0.39, 0.29) is 11.3 Å². The van der Waals surface area contributed by atoms with Gasteiger partial charge in [0.15, 0.2) is 0 Å². The zero-order valence-corrected chi connectivity index (χ0v) is 13.7. The molecule has 0 saturated heterocycles. The third-order valence-corrected chi connectivity index (χ3v) is 5.09. The zero-order chi connectivity index (χ0) is 16.4. The van der Waals surface area contributed by atoms with Crippen molar-refractivity contribution in [2.75, 3.05) is 6.54 Å². The van der Waals surface area contributed by atoms with Gasteiger partial charge < -0.3 is 5.32 Å². The summed E-state index contributed by atoms with van der Waals surface area (Å²) in [5.74, 6) is 0.105. The minimum Gasteiger partial charge on any atom is -0.355 e. The van der Waals surface area contributed by atoms with E-state index in [2.05, 4.69) is 47.8 Å². The van der Waals surface area contributed by atoms with Gasteiger partial charge in [-0.05, 0) is 34.7 Å². The second kappa shape index (κ2) is 6.12. The molecule has 0 radical (unpaired) electrons. The number of carbonyl (C=O) groups is 1. The van der Waals surface area contributed by atoms with Gasteiger partial charge in [-0.15, -0.1) is 0 Å². The number of rotatable bonds is 5. The Labute approximate surface area is 142 Å². The molecule has 120 valence electrons. The highest BCUT2D eigenvalue weighted by Gasteiger charge is 2.44. The molecule has 0 atom stereocenters. The number of amides is 1. The summed E-state index contributed by atoms with van der Waals surface area (Å²) in [6.07, 6.45) is 2.75. The third kappa shape index (κ3) is 2.92. The molecule has 1 amide bonds. The Morgan fingerprint density at radius 2 is 1.58 bits per heavy atom. The molecule has 0 bridgehead atoms. The predicted octanol–water partition coefficient (Wildman–Crippen LogP) is 4.23. The Morgan fingerprint density at radius 3 is 2.38 bits per heavy atom. The number of hydrogen-bond donors (Lipinski definition) is 1. The molecule has 1 saturated carbocycles. The SMILES string of the molecule is O=C(Cc1cccc2ccccc12)NCC1(c2ccccc2)CC1. The lowest BCUT2D eigenvalue weighted by Gasteiger charge is -2.17. The molecular formula is C22H21NO. The first-order valence-corrected chi connectivity index (χ1v) is 8.56. The lowest BCUT2D eigenvalue weighted by molar-refractivity contribution is -0.120. The number of benzene rings is 3. The van der Waals surface area contributed by atoms with E-state index in [9.17, 15) is 4.79 Å². The van der Waals surface area contributed by atoms with E-state index in [0.717, 1.165) is 24.9 Å². The van der Waals surface area contributed by atoms with E-state index in [4.69, 9.17) is 0 Å². The summed E-state index contributed by atoms with van der Waals surface area (Å²) >= 11 is 0. The van der Waals surface area contributed by atoms with Crippen molar-refractivity contribution in [3.8, 4) is 0 Å². The highest BCUT2D eigenvalue weighted by Crippen LogP contribution is 2.47. The van der Waals surface area contributed by atoms with Crippen LogP contribution in [-0.4, -0.2) is 12.5 Å². The summed E-state index contributed by atoms with van der Waals surface area (Å²) in [4.78, 5) is 12.5. The van der Waals surface area contributed by atoms with Gasteiger partial charge in [-0.2, -0.15) is 0 Å². The monoisotopic (exact) mass is 315 g/mol. The molecule has 0 unspecified atom stereocenters. The fourth-order valence-electron chi connectivity index (χ4n) is 3.46. The van der Waals surface area contributed by atoms with Crippen LogP contribution < -0.4 is 5.32 Å². The van der Waals surface area contributed by atoms with Gasteiger partial charge in [-0.3, -0.25) is 4.79 Å². The first-order valence-electron chi connectivity index (χ1n) is 8.56. The van der Waals surface area contributed by atoms with Gasteiger partial charge in [0.25, 0.3) is 0 Å². The molecule has 1 N–H and O–H groups in total. The van der Waals surface area contributed by atoms with E-state index in [0.29, 0.717) is 6.42 Å². The molecule has 0 spiro atoms. The van der Waals surface area contributed by atoms with Gasteiger partial charge in [-0.25, -0.2) is 0 Å². The van der Waals surface area contributed by atoms with Crippen molar-refractivity contribution in [2.24, 2.45) is 0 Å². The Kier molecular flexibility index (Phi) is 3.81. The quantitative estimate of drug-likeness (QED) is 0.750. The van der Waals surface area contributed by atoms with Gasteiger partial charge in [0, 0.05) is 12.0 Å². The summed E-state index contributed by atoms with van der Waals surface area (Å²) in [6.45, 7) is 0.737. The number of carbonyl (C=O) groups excluding carboxylic acids is 1. The fourth-order valence-corrected chi connectivity index (χ4v) is 3.46. The molecule has 3 aromatic carbocycles. The van der Waals surface area contributed by atoms with Crippen LogP contribution in [0.2, 0.25) is 0 Å². The van der Waals surface area contributed by atoms with Crippen LogP contribution in [0.25, 0.3) is 10.8 Å². The molecule has 1 aliphatic rings. The summed E-state index contributed by atoms with van der Waals surface area (Å²) in [5, 5.41) is 5.51. The Morgan fingerprint density at radius 1 is 0.875 bits per heavy atom. The Hall–Kier alpha value is -2.61. The summed E-state index contributed by atoms with van der Waals surface area (Å²) in [6, 6.07) is 24.9. The Balaban J connectivity index is 1.44. The van der Waals surface area contributed by atoms with Crippen LogP contribution in [0.4, 0.5) is 0 Å². The van der Waals surface area contributed by atoms with Crippen molar-refractivity contribution < 1.29 is 4.79 Å². The molecule has 1 fully saturated rings. The van der Waals surface area contributed by atoms with E-state index >= 15 is 0 Å². The highest BCUT2D eigenvalue weighted by atomic mass is 16.1. The van der Waals surface area contributed by atoms with Crippen LogP contribution in [-0.2, 0) is 16.6 Å². The van der Waals surface area contributed by atoms with Crippen LogP contribution in [0.1, 0.15) is 24.0 Å². The minimum atomic E-state index is 0.105. The predicted molar refractivity (Wildman–Crippen MR) is 98.0 cm³/mol. The molecule has 4 rings (SSSR count). The summed E-state index contributed by atoms with van der Waals surface area (Å²) in [5.41, 5.74) is 2.60. The van der Waals surface area contributed by atoms with Crippen molar-refractivity contribution in [1.29, 1.82) is 0 Å². The molecule has 0 aliphatic heterocycles. The minimum absolute atomic E-state index is 0.105. The maximum atomic E-state index is 12.5. The van der Waals surface area contributed by atoms with Crippen LogP contribution in [0.15, 0.2) is 72.8 Å².